The van der Waals surface area contributed by atoms with Crippen LogP contribution in [0.2, 0.25) is 0 Å². The summed E-state index contributed by atoms with van der Waals surface area (Å²) in [6.45, 7) is 13.2. The van der Waals surface area contributed by atoms with Crippen molar-refractivity contribution in [2.45, 2.75) is 20.4 Å². The number of guanidine groups is 1. The molecule has 1 saturated heterocycles. The van der Waals surface area contributed by atoms with E-state index < -0.39 is 0 Å². The van der Waals surface area contributed by atoms with E-state index in [2.05, 4.69) is 45.3 Å². The minimum absolute atomic E-state index is 0.577. The van der Waals surface area contributed by atoms with Gasteiger partial charge in [0.2, 0.25) is 0 Å². The Kier molecular flexibility index (Phi) is 8.71. The summed E-state index contributed by atoms with van der Waals surface area (Å²) in [5.41, 5.74) is 1.12. The SMILES string of the molecule is CCN1CCN(CC(C)CNC(=NC)NCc2ccccc2OC)CC1. The molecular weight excluding hydrogens is 326 g/mol. The van der Waals surface area contributed by atoms with E-state index in [1.165, 1.54) is 32.7 Å². The van der Waals surface area contributed by atoms with E-state index in [4.69, 9.17) is 4.74 Å². The molecule has 1 heterocycles. The van der Waals surface area contributed by atoms with Crippen LogP contribution >= 0.6 is 0 Å². The molecule has 0 aliphatic carbocycles. The second kappa shape index (κ2) is 11.0. The Morgan fingerprint density at radius 3 is 2.50 bits per heavy atom. The van der Waals surface area contributed by atoms with Gasteiger partial charge in [-0.05, 0) is 18.5 Å². The van der Waals surface area contributed by atoms with Gasteiger partial charge in [0.25, 0.3) is 0 Å². The Hall–Kier alpha value is -1.79. The van der Waals surface area contributed by atoms with Gasteiger partial charge in [-0.3, -0.25) is 4.99 Å². The number of methoxy groups -OCH3 is 1. The number of likely N-dealkylation sites (N-methyl/N-ethyl adjacent to an activating group) is 1. The van der Waals surface area contributed by atoms with Gasteiger partial charge in [-0.2, -0.15) is 0 Å². The van der Waals surface area contributed by atoms with Gasteiger partial charge in [0, 0.05) is 58.4 Å². The van der Waals surface area contributed by atoms with E-state index in [-0.39, 0.29) is 0 Å². The Labute approximate surface area is 158 Å². The molecule has 1 fully saturated rings. The van der Waals surface area contributed by atoms with E-state index >= 15 is 0 Å². The molecule has 0 bridgehead atoms. The molecule has 2 rings (SSSR count). The summed E-state index contributed by atoms with van der Waals surface area (Å²) in [6.07, 6.45) is 0. The summed E-state index contributed by atoms with van der Waals surface area (Å²) in [4.78, 5) is 9.42. The third-order valence-corrected chi connectivity index (χ3v) is 4.96. The van der Waals surface area contributed by atoms with Gasteiger partial charge < -0.3 is 25.2 Å². The molecule has 146 valence electrons. The Morgan fingerprint density at radius 2 is 1.85 bits per heavy atom. The minimum Gasteiger partial charge on any atom is -0.496 e. The first-order valence-corrected chi connectivity index (χ1v) is 9.67. The number of piperazine rings is 1. The maximum atomic E-state index is 5.40. The van der Waals surface area contributed by atoms with E-state index in [0.29, 0.717) is 12.5 Å². The maximum Gasteiger partial charge on any atom is 0.191 e. The molecule has 0 amide bonds. The van der Waals surface area contributed by atoms with E-state index in [1.807, 2.05) is 25.2 Å². The number of rotatable bonds is 8. The summed E-state index contributed by atoms with van der Waals surface area (Å²) in [7, 11) is 3.51. The van der Waals surface area contributed by atoms with Crippen molar-refractivity contribution in [2.24, 2.45) is 10.9 Å². The molecular formula is C20H35N5O. The molecule has 1 aliphatic heterocycles. The highest BCUT2D eigenvalue weighted by Crippen LogP contribution is 2.16. The molecule has 1 atom stereocenters. The second-order valence-electron chi connectivity index (χ2n) is 6.96. The Balaban J connectivity index is 1.71. The molecule has 1 unspecified atom stereocenters. The van der Waals surface area contributed by atoms with E-state index in [9.17, 15) is 0 Å². The van der Waals surface area contributed by atoms with Crippen molar-refractivity contribution in [3.05, 3.63) is 29.8 Å². The fraction of sp³-hybridized carbons (Fsp3) is 0.650. The van der Waals surface area contributed by atoms with Gasteiger partial charge in [-0.25, -0.2) is 0 Å². The molecule has 1 aromatic rings. The summed E-state index contributed by atoms with van der Waals surface area (Å²) < 4.78 is 5.40. The van der Waals surface area contributed by atoms with Crippen LogP contribution in [0.15, 0.2) is 29.3 Å². The number of nitrogens with one attached hydrogen (secondary N) is 2. The lowest BCUT2D eigenvalue weighted by molar-refractivity contribution is 0.124. The van der Waals surface area contributed by atoms with Crippen molar-refractivity contribution in [3.8, 4) is 5.75 Å². The first-order chi connectivity index (χ1) is 12.7. The fourth-order valence-corrected chi connectivity index (χ4v) is 3.31. The number of nitrogens with zero attached hydrogens (tertiary/aromatic N) is 3. The van der Waals surface area contributed by atoms with Crippen LogP contribution in [-0.4, -0.2) is 75.7 Å². The van der Waals surface area contributed by atoms with Crippen LogP contribution in [0, 0.1) is 5.92 Å². The van der Waals surface area contributed by atoms with E-state index in [1.54, 1.807) is 7.11 Å². The normalized spacial score (nSPS) is 17.8. The highest BCUT2D eigenvalue weighted by atomic mass is 16.5. The summed E-state index contributed by atoms with van der Waals surface area (Å²) in [6, 6.07) is 8.05. The van der Waals surface area contributed by atoms with Crippen molar-refractivity contribution in [3.63, 3.8) is 0 Å². The summed E-state index contributed by atoms with van der Waals surface area (Å²) in [5, 5.41) is 6.82. The number of para-hydroxylation sites is 1. The molecule has 6 heteroatoms. The van der Waals surface area contributed by atoms with Crippen LogP contribution in [0.3, 0.4) is 0 Å². The smallest absolute Gasteiger partial charge is 0.191 e. The zero-order valence-electron chi connectivity index (χ0n) is 16.8. The zero-order valence-corrected chi connectivity index (χ0v) is 16.8. The van der Waals surface area contributed by atoms with Crippen LogP contribution in [0.5, 0.6) is 5.75 Å². The lowest BCUT2D eigenvalue weighted by atomic mass is 10.1. The molecule has 6 nitrogen and oxygen atoms in total. The average molecular weight is 362 g/mol. The monoisotopic (exact) mass is 361 g/mol. The number of benzene rings is 1. The van der Waals surface area contributed by atoms with Gasteiger partial charge in [-0.1, -0.05) is 32.0 Å². The molecule has 1 aromatic carbocycles. The second-order valence-corrected chi connectivity index (χ2v) is 6.96. The van der Waals surface area contributed by atoms with Gasteiger partial charge in [-0.15, -0.1) is 0 Å². The number of hydrogen-bond donors (Lipinski definition) is 2. The van der Waals surface area contributed by atoms with Crippen molar-refractivity contribution in [1.29, 1.82) is 0 Å². The van der Waals surface area contributed by atoms with Crippen molar-refractivity contribution < 1.29 is 4.74 Å². The summed E-state index contributed by atoms with van der Waals surface area (Å²) >= 11 is 0. The van der Waals surface area contributed by atoms with Crippen molar-refractivity contribution in [2.75, 3.05) is 60.0 Å². The molecule has 1 aliphatic rings. The van der Waals surface area contributed by atoms with Crippen LogP contribution in [-0.2, 0) is 6.54 Å². The lowest BCUT2D eigenvalue weighted by Crippen LogP contribution is -2.48. The lowest BCUT2D eigenvalue weighted by Gasteiger charge is -2.35. The quantitative estimate of drug-likeness (QED) is 0.545. The van der Waals surface area contributed by atoms with Crippen molar-refractivity contribution in [1.82, 2.24) is 20.4 Å². The summed E-state index contributed by atoms with van der Waals surface area (Å²) in [5.74, 6) is 2.31. The number of ether oxygens (including phenoxy) is 1. The van der Waals surface area contributed by atoms with Gasteiger partial charge in [0.15, 0.2) is 5.96 Å². The fourth-order valence-electron chi connectivity index (χ4n) is 3.31. The predicted octanol–water partition coefficient (Wildman–Crippen LogP) is 1.63. The Morgan fingerprint density at radius 1 is 1.15 bits per heavy atom. The third-order valence-electron chi connectivity index (χ3n) is 4.96. The molecule has 0 aromatic heterocycles. The van der Waals surface area contributed by atoms with Crippen LogP contribution in [0.1, 0.15) is 19.4 Å². The Bertz CT molecular complexity index is 555. The standard InChI is InChI=1S/C20H35N5O/c1-5-24-10-12-25(13-11-24)16-17(2)14-22-20(21-3)23-15-18-8-6-7-9-19(18)26-4/h6-9,17H,5,10-16H2,1-4H3,(H2,21,22,23). The minimum atomic E-state index is 0.577. The van der Waals surface area contributed by atoms with Crippen molar-refractivity contribution >= 4 is 5.96 Å². The van der Waals surface area contributed by atoms with Gasteiger partial charge >= 0.3 is 0 Å². The molecule has 2 N–H and O–H groups in total. The first-order valence-electron chi connectivity index (χ1n) is 9.67. The maximum absolute atomic E-state index is 5.40. The number of aliphatic imine (C=N–C) groups is 1. The number of hydrogen-bond acceptors (Lipinski definition) is 4. The van der Waals surface area contributed by atoms with Crippen LogP contribution in [0.25, 0.3) is 0 Å². The average Bonchev–Trinajstić information content (AvgIpc) is 2.69. The van der Waals surface area contributed by atoms with E-state index in [0.717, 1.165) is 30.4 Å². The highest BCUT2D eigenvalue weighted by Gasteiger charge is 2.17. The molecule has 0 saturated carbocycles. The van der Waals surface area contributed by atoms with Crippen LogP contribution < -0.4 is 15.4 Å². The molecule has 0 radical (unpaired) electrons. The first kappa shape index (κ1) is 20.5. The molecule has 0 spiro atoms. The topological polar surface area (TPSA) is 52.1 Å². The van der Waals surface area contributed by atoms with Crippen LogP contribution in [0.4, 0.5) is 0 Å². The predicted molar refractivity (Wildman–Crippen MR) is 109 cm³/mol. The zero-order chi connectivity index (χ0) is 18.8. The van der Waals surface area contributed by atoms with Gasteiger partial charge in [0.05, 0.1) is 7.11 Å². The highest BCUT2D eigenvalue weighted by molar-refractivity contribution is 5.79. The largest absolute Gasteiger partial charge is 0.496 e. The third kappa shape index (κ3) is 6.50. The van der Waals surface area contributed by atoms with Gasteiger partial charge in [0.1, 0.15) is 5.75 Å². The molecule has 26 heavy (non-hydrogen) atoms.